The van der Waals surface area contributed by atoms with E-state index in [9.17, 15) is 29.3 Å². The Morgan fingerprint density at radius 1 is 1.00 bits per heavy atom. The molecule has 4 rings (SSSR count). The summed E-state index contributed by atoms with van der Waals surface area (Å²) in [5.74, 6) is -1.50. The van der Waals surface area contributed by atoms with E-state index in [4.69, 9.17) is 14.2 Å². The Labute approximate surface area is 253 Å². The Morgan fingerprint density at radius 3 is 2.31 bits per heavy atom. The van der Waals surface area contributed by atoms with Crippen molar-refractivity contribution in [3.8, 4) is 11.5 Å². The maximum atomic E-state index is 13.3. The van der Waals surface area contributed by atoms with Gasteiger partial charge in [-0.3, -0.25) is 25.0 Å². The number of non-ortho nitro benzene ring substituents is 1. The minimum Gasteiger partial charge on any atom is -0.490 e. The molecule has 1 fully saturated rings. The predicted molar refractivity (Wildman–Crippen MR) is 159 cm³/mol. The van der Waals surface area contributed by atoms with Gasteiger partial charge in [0, 0.05) is 12.1 Å². The highest BCUT2D eigenvalue weighted by Crippen LogP contribution is 2.36. The molecule has 1 saturated heterocycles. The van der Waals surface area contributed by atoms with Gasteiger partial charge in [0.05, 0.1) is 33.0 Å². The van der Waals surface area contributed by atoms with Crippen LogP contribution in [0.15, 0.2) is 66.2 Å². The number of carbonyl (C=O) groups is 4. The van der Waals surface area contributed by atoms with Crippen LogP contribution in [0.3, 0.4) is 0 Å². The van der Waals surface area contributed by atoms with Gasteiger partial charge in [0.2, 0.25) is 0 Å². The first-order valence-electron chi connectivity index (χ1n) is 12.6. The van der Waals surface area contributed by atoms with Gasteiger partial charge in [-0.05, 0) is 102 Å². The number of nitrogens with one attached hydrogen (secondary N) is 1. The summed E-state index contributed by atoms with van der Waals surface area (Å²) >= 11 is 2.03. The fraction of sp³-hybridized carbons (Fsp3) is 0.172. The van der Waals surface area contributed by atoms with E-state index in [1.807, 2.05) is 22.6 Å². The van der Waals surface area contributed by atoms with Crippen LogP contribution in [-0.4, -0.2) is 42.0 Å². The zero-order chi connectivity index (χ0) is 30.4. The van der Waals surface area contributed by atoms with E-state index in [1.165, 1.54) is 42.5 Å². The second-order valence-electron chi connectivity index (χ2n) is 8.70. The minimum absolute atomic E-state index is 0.0315. The number of rotatable bonds is 10. The average Bonchev–Trinajstić information content (AvgIpc) is 2.95. The lowest BCUT2D eigenvalue weighted by molar-refractivity contribution is -0.384. The first-order chi connectivity index (χ1) is 20.1. The Hall–Kier alpha value is -4.79. The number of esters is 1. The van der Waals surface area contributed by atoms with Crippen LogP contribution >= 0.6 is 22.6 Å². The number of ether oxygens (including phenoxy) is 3. The third-order valence-corrected chi connectivity index (χ3v) is 6.71. The summed E-state index contributed by atoms with van der Waals surface area (Å²) in [5.41, 5.74) is 1.22. The quantitative estimate of drug-likeness (QED) is 0.0774. The molecular formula is C29H24IN3O9. The molecule has 0 aromatic heterocycles. The molecular weight excluding hydrogens is 661 g/mol. The van der Waals surface area contributed by atoms with Crippen molar-refractivity contribution in [1.29, 1.82) is 0 Å². The fourth-order valence-corrected chi connectivity index (χ4v) is 4.74. The van der Waals surface area contributed by atoms with Crippen LogP contribution in [0.5, 0.6) is 11.5 Å². The highest BCUT2D eigenvalue weighted by atomic mass is 127. The smallest absolute Gasteiger partial charge is 0.338 e. The lowest BCUT2D eigenvalue weighted by Gasteiger charge is -2.26. The molecule has 0 aliphatic carbocycles. The SMILES string of the molecule is CCOC(=O)c1ccc(N2C(=O)NC(=O)/C(=C\c3cc(I)c(OCc4ccc([N+](=O)[O-])cc4)c(OCC)c3)C2=O)cc1. The molecule has 1 heterocycles. The van der Waals surface area contributed by atoms with Crippen LogP contribution in [0.2, 0.25) is 0 Å². The number of benzene rings is 3. The van der Waals surface area contributed by atoms with E-state index >= 15 is 0 Å². The summed E-state index contributed by atoms with van der Waals surface area (Å²) < 4.78 is 17.3. The zero-order valence-corrected chi connectivity index (χ0v) is 24.6. The van der Waals surface area contributed by atoms with Gasteiger partial charge in [0.1, 0.15) is 12.2 Å². The summed E-state index contributed by atoms with van der Waals surface area (Å²) in [7, 11) is 0. The molecule has 1 aliphatic heterocycles. The maximum Gasteiger partial charge on any atom is 0.338 e. The molecule has 0 saturated carbocycles. The molecule has 3 aromatic carbocycles. The number of barbiturate groups is 1. The Kier molecular flexibility index (Phi) is 9.52. The third-order valence-electron chi connectivity index (χ3n) is 5.91. The number of nitro benzene ring substituents is 1. The largest absolute Gasteiger partial charge is 0.490 e. The number of nitrogens with zero attached hydrogens (tertiary/aromatic N) is 2. The normalized spacial score (nSPS) is 14.0. The van der Waals surface area contributed by atoms with E-state index in [-0.39, 0.29) is 35.7 Å². The second kappa shape index (κ2) is 13.2. The van der Waals surface area contributed by atoms with Crippen molar-refractivity contribution in [3.63, 3.8) is 0 Å². The van der Waals surface area contributed by atoms with Crippen molar-refractivity contribution in [1.82, 2.24) is 5.32 Å². The van der Waals surface area contributed by atoms with Gasteiger partial charge in [-0.1, -0.05) is 0 Å². The molecule has 0 radical (unpaired) electrons. The molecule has 0 spiro atoms. The topological polar surface area (TPSA) is 154 Å². The van der Waals surface area contributed by atoms with Crippen LogP contribution in [0.1, 0.15) is 35.3 Å². The van der Waals surface area contributed by atoms with Crippen LogP contribution < -0.4 is 19.7 Å². The molecule has 1 aliphatic rings. The number of nitro groups is 1. The van der Waals surface area contributed by atoms with Gasteiger partial charge in [-0.25, -0.2) is 14.5 Å². The first-order valence-corrected chi connectivity index (χ1v) is 13.7. The van der Waals surface area contributed by atoms with Gasteiger partial charge >= 0.3 is 12.0 Å². The molecule has 0 atom stereocenters. The molecule has 216 valence electrons. The van der Waals surface area contributed by atoms with Gasteiger partial charge in [-0.2, -0.15) is 0 Å². The molecule has 13 heteroatoms. The summed E-state index contributed by atoms with van der Waals surface area (Å²) in [6.45, 7) is 4.07. The third kappa shape index (κ3) is 6.74. The number of urea groups is 1. The summed E-state index contributed by atoms with van der Waals surface area (Å²) in [4.78, 5) is 61.8. The number of imide groups is 2. The lowest BCUT2D eigenvalue weighted by Crippen LogP contribution is -2.54. The van der Waals surface area contributed by atoms with Crippen molar-refractivity contribution in [2.24, 2.45) is 0 Å². The predicted octanol–water partition coefficient (Wildman–Crippen LogP) is 5.02. The van der Waals surface area contributed by atoms with Crippen LogP contribution in [-0.2, 0) is 20.9 Å². The lowest BCUT2D eigenvalue weighted by atomic mass is 10.1. The molecule has 4 amide bonds. The molecule has 42 heavy (non-hydrogen) atoms. The zero-order valence-electron chi connectivity index (χ0n) is 22.4. The minimum atomic E-state index is -0.925. The molecule has 12 nitrogen and oxygen atoms in total. The van der Waals surface area contributed by atoms with Crippen LogP contribution in [0.4, 0.5) is 16.2 Å². The van der Waals surface area contributed by atoms with Crippen molar-refractivity contribution in [2.45, 2.75) is 20.5 Å². The number of halogens is 1. The van der Waals surface area contributed by atoms with E-state index in [0.29, 0.717) is 32.8 Å². The monoisotopic (exact) mass is 685 g/mol. The van der Waals surface area contributed by atoms with Crippen molar-refractivity contribution < 1.29 is 38.3 Å². The number of carbonyl (C=O) groups excluding carboxylic acids is 4. The number of amides is 4. The summed E-state index contributed by atoms with van der Waals surface area (Å²) in [6, 6.07) is 14.0. The van der Waals surface area contributed by atoms with E-state index < -0.39 is 28.7 Å². The molecule has 0 bridgehead atoms. The van der Waals surface area contributed by atoms with Gasteiger partial charge in [-0.15, -0.1) is 0 Å². The van der Waals surface area contributed by atoms with Gasteiger partial charge in [0.25, 0.3) is 17.5 Å². The molecule has 1 N–H and O–H groups in total. The average molecular weight is 685 g/mol. The van der Waals surface area contributed by atoms with Gasteiger partial charge < -0.3 is 14.2 Å². The second-order valence-corrected chi connectivity index (χ2v) is 9.86. The van der Waals surface area contributed by atoms with Crippen LogP contribution in [0.25, 0.3) is 6.08 Å². The maximum absolute atomic E-state index is 13.3. The standard InChI is InChI=1S/C29H24IN3O9/c1-3-40-24-15-18(14-23(30)25(24)42-16-17-5-9-21(10-6-17)33(38)39)13-22-26(34)31-29(37)32(27(22)35)20-11-7-19(8-12-20)28(36)41-4-2/h5-15H,3-4,16H2,1-2H3,(H,31,34,37)/b22-13+. The Balaban J connectivity index is 1.60. The van der Waals surface area contributed by atoms with E-state index in [1.54, 1.807) is 38.1 Å². The Morgan fingerprint density at radius 2 is 1.69 bits per heavy atom. The number of anilines is 1. The summed E-state index contributed by atoms with van der Waals surface area (Å²) in [6.07, 6.45) is 1.34. The van der Waals surface area contributed by atoms with Gasteiger partial charge in [0.15, 0.2) is 11.5 Å². The van der Waals surface area contributed by atoms with Crippen molar-refractivity contribution >= 4 is 63.9 Å². The first kappa shape index (κ1) is 30.2. The van der Waals surface area contributed by atoms with E-state index in [0.717, 1.165) is 4.90 Å². The summed E-state index contributed by atoms with van der Waals surface area (Å²) in [5, 5.41) is 13.1. The molecule has 0 unspecified atom stereocenters. The van der Waals surface area contributed by atoms with Crippen molar-refractivity contribution in [2.75, 3.05) is 18.1 Å². The molecule has 3 aromatic rings. The van der Waals surface area contributed by atoms with Crippen molar-refractivity contribution in [3.05, 3.63) is 96.6 Å². The number of hydrogen-bond acceptors (Lipinski definition) is 9. The fourth-order valence-electron chi connectivity index (χ4n) is 3.96. The van der Waals surface area contributed by atoms with Crippen LogP contribution in [0, 0.1) is 13.7 Å². The highest BCUT2D eigenvalue weighted by Gasteiger charge is 2.37. The van der Waals surface area contributed by atoms with E-state index in [2.05, 4.69) is 5.32 Å². The highest BCUT2D eigenvalue weighted by molar-refractivity contribution is 14.1. The Bertz CT molecular complexity index is 1590. The number of hydrogen-bond donors (Lipinski definition) is 1.